The Hall–Kier alpha value is -0.0600. The van der Waals surface area contributed by atoms with Crippen LogP contribution in [0.2, 0.25) is 0 Å². The highest BCUT2D eigenvalue weighted by Gasteiger charge is 2.11. The molecule has 1 aromatic heterocycles. The molecule has 0 bridgehead atoms. The van der Waals surface area contributed by atoms with Crippen LogP contribution in [0.25, 0.3) is 0 Å². The Labute approximate surface area is 117 Å². The first-order valence-corrected chi connectivity index (χ1v) is 7.81. The summed E-state index contributed by atoms with van der Waals surface area (Å²) in [6.45, 7) is 7.81. The summed E-state index contributed by atoms with van der Waals surface area (Å²) >= 11 is 5.37. The fourth-order valence-corrected chi connectivity index (χ4v) is 3.27. The number of rotatable bonds is 7. The van der Waals surface area contributed by atoms with Crippen LogP contribution in [0.15, 0.2) is 27.8 Å². The van der Waals surface area contributed by atoms with Crippen molar-refractivity contribution in [1.82, 2.24) is 10.3 Å². The zero-order valence-corrected chi connectivity index (χ0v) is 13.1. The molecule has 0 saturated carbocycles. The van der Waals surface area contributed by atoms with Crippen molar-refractivity contribution in [2.75, 3.05) is 6.54 Å². The summed E-state index contributed by atoms with van der Waals surface area (Å²) < 4.78 is 1.09. The topological polar surface area (TPSA) is 24.9 Å². The summed E-state index contributed by atoms with van der Waals surface area (Å²) in [6.07, 6.45) is 4.20. The van der Waals surface area contributed by atoms with Gasteiger partial charge >= 0.3 is 0 Å². The third-order valence-electron chi connectivity index (χ3n) is 2.47. The number of nitrogens with zero attached hydrogens (tertiary/aromatic N) is 1. The molecule has 0 spiro atoms. The highest BCUT2D eigenvalue weighted by Crippen LogP contribution is 2.29. The first-order valence-electron chi connectivity index (χ1n) is 6.14. The van der Waals surface area contributed by atoms with Gasteiger partial charge in [-0.15, -0.1) is 11.8 Å². The molecular weight excluding hydrogens is 296 g/mol. The van der Waals surface area contributed by atoms with E-state index in [0.717, 1.165) is 22.5 Å². The van der Waals surface area contributed by atoms with Crippen molar-refractivity contribution in [2.45, 2.75) is 49.9 Å². The number of hydrogen-bond donors (Lipinski definition) is 1. The maximum Gasteiger partial charge on any atom is 0.110 e. The van der Waals surface area contributed by atoms with Gasteiger partial charge < -0.3 is 5.32 Å². The second kappa shape index (κ2) is 8.11. The molecule has 1 rings (SSSR count). The van der Waals surface area contributed by atoms with Gasteiger partial charge in [-0.05, 0) is 54.4 Å². The fourth-order valence-electron chi connectivity index (χ4n) is 1.67. The van der Waals surface area contributed by atoms with E-state index in [-0.39, 0.29) is 0 Å². The summed E-state index contributed by atoms with van der Waals surface area (Å²) in [5, 5.41) is 5.17. The molecule has 4 heteroatoms. The molecule has 2 nitrogen and oxygen atoms in total. The molecule has 0 aliphatic heterocycles. The lowest BCUT2D eigenvalue weighted by Gasteiger charge is -2.18. The second-order valence-electron chi connectivity index (χ2n) is 4.31. The lowest BCUT2D eigenvalue weighted by atomic mass is 10.2. The normalized spacial score (nSPS) is 14.6. The fraction of sp³-hybridized carbons (Fsp3) is 0.615. The van der Waals surface area contributed by atoms with Crippen molar-refractivity contribution in [3.8, 4) is 0 Å². The minimum absolute atomic E-state index is 0.569. The standard InChI is InChI=1S/C13H21BrN2S/c1-4-7-15-10(2)9-11(3)17-13-12(14)6-5-8-16-13/h5-6,8,10-11,15H,4,7,9H2,1-3H3. The number of aromatic nitrogens is 1. The van der Waals surface area contributed by atoms with Crippen molar-refractivity contribution in [1.29, 1.82) is 0 Å². The van der Waals surface area contributed by atoms with E-state index in [2.05, 4.69) is 47.0 Å². The quantitative estimate of drug-likeness (QED) is 0.766. The Morgan fingerprint density at radius 3 is 2.88 bits per heavy atom. The smallest absolute Gasteiger partial charge is 0.110 e. The van der Waals surface area contributed by atoms with Gasteiger partial charge in [0.1, 0.15) is 5.03 Å². The SMILES string of the molecule is CCCNC(C)CC(C)Sc1ncccc1Br. The van der Waals surface area contributed by atoms with E-state index in [9.17, 15) is 0 Å². The van der Waals surface area contributed by atoms with E-state index in [0.29, 0.717) is 11.3 Å². The van der Waals surface area contributed by atoms with E-state index in [1.54, 1.807) is 0 Å². The molecule has 17 heavy (non-hydrogen) atoms. The van der Waals surface area contributed by atoms with Crippen LogP contribution < -0.4 is 5.32 Å². The van der Waals surface area contributed by atoms with Crippen LogP contribution in [0.1, 0.15) is 33.6 Å². The van der Waals surface area contributed by atoms with Crippen LogP contribution in [0, 0.1) is 0 Å². The molecule has 0 aliphatic carbocycles. The summed E-state index contributed by atoms with van der Waals surface area (Å²) in [6, 6.07) is 4.56. The van der Waals surface area contributed by atoms with Crippen LogP contribution >= 0.6 is 27.7 Å². The molecule has 0 fully saturated rings. The Morgan fingerprint density at radius 2 is 2.24 bits per heavy atom. The van der Waals surface area contributed by atoms with Crippen molar-refractivity contribution in [3.05, 3.63) is 22.8 Å². The predicted octanol–water partition coefficient (Wildman–Crippen LogP) is 4.10. The molecule has 96 valence electrons. The predicted molar refractivity (Wildman–Crippen MR) is 79.6 cm³/mol. The van der Waals surface area contributed by atoms with Crippen molar-refractivity contribution >= 4 is 27.7 Å². The number of hydrogen-bond acceptors (Lipinski definition) is 3. The van der Waals surface area contributed by atoms with E-state index >= 15 is 0 Å². The molecular formula is C13H21BrN2S. The Balaban J connectivity index is 2.39. The Kier molecular flexibility index (Phi) is 7.16. The van der Waals surface area contributed by atoms with E-state index in [4.69, 9.17) is 0 Å². The lowest BCUT2D eigenvalue weighted by Crippen LogP contribution is -2.29. The van der Waals surface area contributed by atoms with Crippen LogP contribution in [-0.2, 0) is 0 Å². The zero-order valence-electron chi connectivity index (χ0n) is 10.7. The molecule has 0 aromatic carbocycles. The molecule has 0 amide bonds. The third kappa shape index (κ3) is 5.89. The number of nitrogens with one attached hydrogen (secondary N) is 1. The molecule has 2 unspecified atom stereocenters. The van der Waals surface area contributed by atoms with Crippen molar-refractivity contribution < 1.29 is 0 Å². The van der Waals surface area contributed by atoms with Crippen LogP contribution in [0.5, 0.6) is 0 Å². The molecule has 0 aliphatic rings. The summed E-state index contributed by atoms with van der Waals surface area (Å²) in [7, 11) is 0. The highest BCUT2D eigenvalue weighted by atomic mass is 79.9. The molecule has 0 saturated heterocycles. The van der Waals surface area contributed by atoms with Gasteiger partial charge in [0.25, 0.3) is 0 Å². The zero-order chi connectivity index (χ0) is 12.7. The van der Waals surface area contributed by atoms with Gasteiger partial charge in [-0.25, -0.2) is 4.98 Å². The number of thioether (sulfide) groups is 1. The monoisotopic (exact) mass is 316 g/mol. The molecule has 2 atom stereocenters. The Bertz CT molecular complexity index is 333. The van der Waals surface area contributed by atoms with Crippen molar-refractivity contribution in [2.24, 2.45) is 0 Å². The van der Waals surface area contributed by atoms with Gasteiger partial charge in [0, 0.05) is 22.0 Å². The second-order valence-corrected chi connectivity index (χ2v) is 6.59. The highest BCUT2D eigenvalue weighted by molar-refractivity contribution is 9.10. The molecule has 0 radical (unpaired) electrons. The Morgan fingerprint density at radius 1 is 1.47 bits per heavy atom. The van der Waals surface area contributed by atoms with Crippen molar-refractivity contribution in [3.63, 3.8) is 0 Å². The average molecular weight is 317 g/mol. The van der Waals surface area contributed by atoms with E-state index < -0.39 is 0 Å². The van der Waals surface area contributed by atoms with Gasteiger partial charge in [-0.1, -0.05) is 13.8 Å². The van der Waals surface area contributed by atoms with Crippen LogP contribution in [-0.4, -0.2) is 22.8 Å². The molecule has 1 heterocycles. The van der Waals surface area contributed by atoms with E-state index in [1.165, 1.54) is 6.42 Å². The number of pyridine rings is 1. The first-order chi connectivity index (χ1) is 8.13. The largest absolute Gasteiger partial charge is 0.314 e. The average Bonchev–Trinajstić information content (AvgIpc) is 2.29. The first kappa shape index (κ1) is 15.0. The van der Waals surface area contributed by atoms with E-state index in [1.807, 2.05) is 30.1 Å². The van der Waals surface area contributed by atoms with Gasteiger partial charge in [0.05, 0.1) is 0 Å². The van der Waals surface area contributed by atoms with Gasteiger partial charge in [-0.3, -0.25) is 0 Å². The van der Waals surface area contributed by atoms with Gasteiger partial charge in [0.2, 0.25) is 0 Å². The summed E-state index contributed by atoms with van der Waals surface area (Å²) in [5.74, 6) is 0. The minimum atomic E-state index is 0.569. The number of halogens is 1. The molecule has 1 aromatic rings. The third-order valence-corrected chi connectivity index (χ3v) is 4.51. The maximum absolute atomic E-state index is 4.38. The minimum Gasteiger partial charge on any atom is -0.314 e. The molecule has 1 N–H and O–H groups in total. The maximum atomic E-state index is 4.38. The summed E-state index contributed by atoms with van der Waals surface area (Å²) in [4.78, 5) is 4.38. The van der Waals surface area contributed by atoms with Gasteiger partial charge in [0.15, 0.2) is 0 Å². The van der Waals surface area contributed by atoms with Gasteiger partial charge in [-0.2, -0.15) is 0 Å². The van der Waals surface area contributed by atoms with Crippen LogP contribution in [0.3, 0.4) is 0 Å². The lowest BCUT2D eigenvalue weighted by molar-refractivity contribution is 0.513. The van der Waals surface area contributed by atoms with Crippen LogP contribution in [0.4, 0.5) is 0 Å². The summed E-state index contributed by atoms with van der Waals surface area (Å²) in [5.41, 5.74) is 0.